The Morgan fingerprint density at radius 3 is 1.30 bits per heavy atom. The Labute approximate surface area is 478 Å². The number of hydrogen-bond donors (Lipinski definition) is 6. The normalized spacial score (nSPS) is 22.1. The fraction of sp³-hybridized carbons (Fsp3) is 0.567. The molecule has 0 spiro atoms. The predicted molar refractivity (Wildman–Crippen MR) is 305 cm³/mol. The molecule has 2 aliphatic heterocycles. The lowest BCUT2D eigenvalue weighted by atomic mass is 9.85. The molecule has 3 aromatic carbocycles. The topological polar surface area (TPSA) is 302 Å². The Morgan fingerprint density at radius 1 is 0.585 bits per heavy atom. The molecule has 2 fully saturated rings. The average Bonchev–Trinajstić information content (AvgIpc) is 4.16. The zero-order valence-corrected chi connectivity index (χ0v) is 48.7. The van der Waals surface area contributed by atoms with Crippen LogP contribution in [-0.4, -0.2) is 130 Å². The van der Waals surface area contributed by atoms with E-state index in [1.807, 2.05) is 0 Å². The lowest BCUT2D eigenvalue weighted by Crippen LogP contribution is -2.59. The van der Waals surface area contributed by atoms with Crippen LogP contribution < -0.4 is 31.9 Å². The van der Waals surface area contributed by atoms with Crippen LogP contribution in [0.25, 0.3) is 0 Å². The van der Waals surface area contributed by atoms with Gasteiger partial charge in [0.05, 0.1) is 34.0 Å². The minimum Gasteiger partial charge on any atom is -0.347 e. The van der Waals surface area contributed by atoms with Crippen LogP contribution in [0.2, 0.25) is 0 Å². The highest BCUT2D eigenvalue weighted by Gasteiger charge is 2.48. The molecule has 2 saturated heterocycles. The monoisotopic (exact) mass is 1130 g/mol. The molecule has 4 aliphatic rings. The van der Waals surface area contributed by atoms with Gasteiger partial charge in [-0.1, -0.05) is 71.9 Å². The van der Waals surface area contributed by atoms with Crippen LogP contribution in [0.4, 0.5) is 11.4 Å². The zero-order valence-electron chi connectivity index (χ0n) is 48.7. The second-order valence-electron chi connectivity index (χ2n) is 24.9. The number of nitro benzene ring substituents is 2. The van der Waals surface area contributed by atoms with Crippen LogP contribution in [0.15, 0.2) is 60.7 Å². The molecule has 10 atom stereocenters. The molecular formula is C60H80N10O12. The number of ketones is 2. The van der Waals surface area contributed by atoms with E-state index in [-0.39, 0.29) is 72.8 Å². The molecule has 22 nitrogen and oxygen atoms in total. The highest BCUT2D eigenvalue weighted by Crippen LogP contribution is 2.38. The van der Waals surface area contributed by atoms with E-state index in [0.29, 0.717) is 49.7 Å². The first kappa shape index (κ1) is 62.1. The maximum Gasteiger partial charge on any atom is 0.269 e. The maximum atomic E-state index is 14.8. The molecule has 3 aromatic rings. The summed E-state index contributed by atoms with van der Waals surface area (Å²) >= 11 is 0. The van der Waals surface area contributed by atoms with E-state index in [1.54, 1.807) is 99.8 Å². The average molecular weight is 1130 g/mol. The Hall–Kier alpha value is -7.46. The molecule has 2 heterocycles. The third-order valence-electron chi connectivity index (χ3n) is 16.8. The zero-order chi connectivity index (χ0) is 60.1. The lowest BCUT2D eigenvalue weighted by Gasteiger charge is -2.36. The number of non-ortho nitro benzene ring substituents is 2. The second-order valence-corrected chi connectivity index (χ2v) is 24.9. The van der Waals surface area contributed by atoms with Crippen LogP contribution in [0.3, 0.4) is 0 Å². The smallest absolute Gasteiger partial charge is 0.269 e. The van der Waals surface area contributed by atoms with Crippen molar-refractivity contribution >= 4 is 58.4 Å². The minimum atomic E-state index is -1.07. The van der Waals surface area contributed by atoms with Crippen molar-refractivity contribution in [2.45, 2.75) is 168 Å². The van der Waals surface area contributed by atoms with Crippen molar-refractivity contribution in [3.8, 4) is 0 Å². The van der Waals surface area contributed by atoms with Gasteiger partial charge in [-0.15, -0.1) is 0 Å². The third kappa shape index (κ3) is 14.4. The molecule has 6 N–H and O–H groups in total. The van der Waals surface area contributed by atoms with Crippen LogP contribution in [0.1, 0.15) is 162 Å². The first-order valence-corrected chi connectivity index (χ1v) is 28.5. The summed E-state index contributed by atoms with van der Waals surface area (Å²) in [6, 6.07) is 8.77. The summed E-state index contributed by atoms with van der Waals surface area (Å²) in [5, 5.41) is 41.2. The van der Waals surface area contributed by atoms with Gasteiger partial charge >= 0.3 is 0 Å². The van der Waals surface area contributed by atoms with Gasteiger partial charge in [-0.2, -0.15) is 0 Å². The summed E-state index contributed by atoms with van der Waals surface area (Å²) in [6.07, 6.45) is 3.74. The third-order valence-corrected chi connectivity index (χ3v) is 16.8. The summed E-state index contributed by atoms with van der Waals surface area (Å²) in [5.41, 5.74) is 1.59. The standard InChI is InChI=1S/C60H80N10O12/c1-33(61-9)53(73)65-51(59(3,4)5)57(77)67-31-35(24-47(67)55(75)63-45-18-12-14-37-20-22-41(69(79)80)29-43(37)45)26-49(71)39-16-11-17-40(28-39)50(72)27-36-25-48(68(32-36)58(78)52(60(6,7)8)66-54(74)34(2)62-10)56(76)64-46-19-13-15-38-21-23-42(70(81)82)30-44(38)46/h11,16-17,20-23,28-30,33-36,45-48,51-52,61-62H,12-15,18-19,24-27,31-32H2,1-10H3,(H,63,75)(H,64,76)(H,65,73)(H,66,74)/t33-,34-,35+,36+,45?,46?,47-,48-,51+,52+/m0/s1. The van der Waals surface area contributed by atoms with Crippen molar-refractivity contribution in [1.29, 1.82) is 0 Å². The first-order valence-electron chi connectivity index (χ1n) is 28.5. The van der Waals surface area contributed by atoms with Crippen molar-refractivity contribution in [2.75, 3.05) is 27.2 Å². The first-order chi connectivity index (χ1) is 38.6. The van der Waals surface area contributed by atoms with E-state index in [9.17, 15) is 58.6 Å². The molecule has 7 rings (SSSR count). The van der Waals surface area contributed by atoms with Crippen LogP contribution in [0.5, 0.6) is 0 Å². The number of fused-ring (bicyclic) bond motifs is 2. The number of amides is 6. The molecular weight excluding hydrogens is 1050 g/mol. The lowest BCUT2D eigenvalue weighted by molar-refractivity contribution is -0.385. The van der Waals surface area contributed by atoms with E-state index in [2.05, 4.69) is 31.9 Å². The molecule has 0 saturated carbocycles. The highest BCUT2D eigenvalue weighted by molar-refractivity contribution is 6.02. The second kappa shape index (κ2) is 25.8. The van der Waals surface area contributed by atoms with Gasteiger partial charge in [-0.3, -0.25) is 58.6 Å². The van der Waals surface area contributed by atoms with E-state index in [4.69, 9.17) is 0 Å². The number of nitro groups is 2. The molecule has 0 radical (unpaired) electrons. The number of carbonyl (C=O) groups excluding carboxylic acids is 8. The van der Waals surface area contributed by atoms with Crippen molar-refractivity contribution in [3.63, 3.8) is 0 Å². The van der Waals surface area contributed by atoms with E-state index in [1.165, 1.54) is 40.1 Å². The molecule has 0 aromatic heterocycles. The Morgan fingerprint density at radius 2 is 0.963 bits per heavy atom. The molecule has 0 bridgehead atoms. The fourth-order valence-electron chi connectivity index (χ4n) is 11.8. The van der Waals surface area contributed by atoms with Crippen molar-refractivity contribution in [3.05, 3.63) is 114 Å². The number of nitrogens with zero attached hydrogens (tertiary/aromatic N) is 4. The summed E-state index contributed by atoms with van der Waals surface area (Å²) in [5.74, 6) is -4.63. The molecule has 2 aliphatic carbocycles. The van der Waals surface area contributed by atoms with Gasteiger partial charge in [0.25, 0.3) is 11.4 Å². The number of likely N-dealkylation sites (tertiary alicyclic amines) is 2. The fourth-order valence-corrected chi connectivity index (χ4v) is 11.8. The predicted octanol–water partition coefficient (Wildman–Crippen LogP) is 5.75. The van der Waals surface area contributed by atoms with E-state index >= 15 is 0 Å². The van der Waals surface area contributed by atoms with Gasteiger partial charge in [0.2, 0.25) is 35.4 Å². The summed E-state index contributed by atoms with van der Waals surface area (Å²) < 4.78 is 0. The minimum absolute atomic E-state index is 0.00880. The molecule has 442 valence electrons. The number of benzene rings is 3. The molecule has 2 unspecified atom stereocenters. The van der Waals surface area contributed by atoms with Gasteiger partial charge in [0.1, 0.15) is 24.2 Å². The number of rotatable bonds is 20. The summed E-state index contributed by atoms with van der Waals surface area (Å²) in [4.78, 5) is 139. The van der Waals surface area contributed by atoms with Crippen molar-refractivity contribution < 1.29 is 48.2 Å². The van der Waals surface area contributed by atoms with Gasteiger partial charge in [0, 0.05) is 61.3 Å². The molecule has 6 amide bonds. The van der Waals surface area contributed by atoms with Crippen LogP contribution >= 0.6 is 0 Å². The summed E-state index contributed by atoms with van der Waals surface area (Å²) in [6.45, 7) is 14.1. The number of nitrogens with one attached hydrogen (secondary N) is 6. The van der Waals surface area contributed by atoms with Gasteiger partial charge < -0.3 is 41.7 Å². The van der Waals surface area contributed by atoms with Gasteiger partial charge in [-0.25, -0.2) is 0 Å². The summed E-state index contributed by atoms with van der Waals surface area (Å²) in [7, 11) is 3.24. The SMILES string of the molecule is CN[C@@H](C)C(=O)N[C@H](C(=O)N1C[C@@H](CC(=O)c2cccc(C(=O)C[C@H]3C[C@@H](C(=O)NC4CCCc5ccc([N+](=O)[O-])cc54)N(C(=O)[C@@H](NC(=O)[C@H](C)NC)C(C)(C)C)C3)c2)C[C@H]1C(=O)NC1CCCc2ccc([N+](=O)[O-])cc21)C(C)(C)C. The number of Topliss-reactive ketones (excluding diaryl/α,β-unsaturated/α-hetero) is 2. The van der Waals surface area contributed by atoms with Crippen molar-refractivity contribution in [1.82, 2.24) is 41.7 Å². The van der Waals surface area contributed by atoms with Gasteiger partial charge in [-0.05, 0) is 130 Å². The Kier molecular flexibility index (Phi) is 19.5. The quantitative estimate of drug-likeness (QED) is 0.0446. The molecule has 82 heavy (non-hydrogen) atoms. The van der Waals surface area contributed by atoms with Crippen LogP contribution in [-0.2, 0) is 41.6 Å². The van der Waals surface area contributed by atoms with E-state index < -0.39 is 116 Å². The van der Waals surface area contributed by atoms with E-state index in [0.717, 1.165) is 11.1 Å². The number of carbonyl (C=O) groups is 8. The number of hydrogen-bond acceptors (Lipinski definition) is 14. The highest BCUT2D eigenvalue weighted by atomic mass is 16.6. The largest absolute Gasteiger partial charge is 0.347 e. The van der Waals surface area contributed by atoms with Crippen LogP contribution in [0, 0.1) is 42.9 Å². The van der Waals surface area contributed by atoms with Gasteiger partial charge in [0.15, 0.2) is 11.6 Å². The maximum absolute atomic E-state index is 14.8. The van der Waals surface area contributed by atoms with Crippen molar-refractivity contribution in [2.24, 2.45) is 22.7 Å². The molecule has 22 heteroatoms. The Balaban J connectivity index is 1.11. The number of aryl methyl sites for hydroxylation is 2. The number of likely N-dealkylation sites (N-methyl/N-ethyl adjacent to an activating group) is 2. The Bertz CT molecular complexity index is 2790.